The molecule has 0 bridgehead atoms. The van der Waals surface area contributed by atoms with Gasteiger partial charge in [0.1, 0.15) is 5.75 Å². The van der Waals surface area contributed by atoms with Crippen molar-refractivity contribution in [2.24, 2.45) is 5.92 Å². The second-order valence-corrected chi connectivity index (χ2v) is 6.78. The number of benzene rings is 1. The number of amides is 1. The fraction of sp³-hybridized carbons (Fsp3) is 0.389. The lowest BCUT2D eigenvalue weighted by molar-refractivity contribution is 0.0659. The van der Waals surface area contributed by atoms with E-state index < -0.39 is 0 Å². The number of rotatable bonds is 6. The summed E-state index contributed by atoms with van der Waals surface area (Å²) in [5.41, 5.74) is 1.14. The Kier molecular flexibility index (Phi) is 4.48. The zero-order chi connectivity index (χ0) is 15.5. The van der Waals surface area contributed by atoms with E-state index in [9.17, 15) is 4.79 Å². The molecule has 1 amide bonds. The van der Waals surface area contributed by atoms with Crippen molar-refractivity contribution in [2.45, 2.75) is 32.4 Å². The summed E-state index contributed by atoms with van der Waals surface area (Å²) in [7, 11) is 1.66. The number of hydrogen-bond acceptors (Lipinski definition) is 3. The van der Waals surface area contributed by atoms with Gasteiger partial charge in [-0.2, -0.15) is 0 Å². The average molecular weight is 315 g/mol. The third kappa shape index (κ3) is 3.33. The first-order valence-electron chi connectivity index (χ1n) is 7.66. The standard InChI is InChI=1S/C18H21NO2S/c1-13(15-7-8-15)19(18(20)17-4-3-11-22-17)12-14-5-9-16(21-2)10-6-14/h3-6,9-11,13,15H,7-8,12H2,1-2H3. The molecule has 0 radical (unpaired) electrons. The van der Waals surface area contributed by atoms with E-state index >= 15 is 0 Å². The van der Waals surface area contributed by atoms with Crippen molar-refractivity contribution in [3.63, 3.8) is 0 Å². The SMILES string of the molecule is COc1ccc(CN(C(=O)c2cccs2)C(C)C2CC2)cc1. The van der Waals surface area contributed by atoms with Crippen LogP contribution in [0.5, 0.6) is 5.75 Å². The molecular formula is C18H21NO2S. The van der Waals surface area contributed by atoms with Gasteiger partial charge in [0, 0.05) is 12.6 Å². The number of nitrogens with zero attached hydrogens (tertiary/aromatic N) is 1. The van der Waals surface area contributed by atoms with Crippen LogP contribution in [0, 0.1) is 5.92 Å². The smallest absolute Gasteiger partial charge is 0.264 e. The molecule has 4 heteroatoms. The largest absolute Gasteiger partial charge is 0.497 e. The molecule has 22 heavy (non-hydrogen) atoms. The van der Waals surface area contributed by atoms with Gasteiger partial charge in [0.2, 0.25) is 0 Å². The van der Waals surface area contributed by atoms with Gasteiger partial charge in [0.05, 0.1) is 12.0 Å². The van der Waals surface area contributed by atoms with Crippen LogP contribution in [0.2, 0.25) is 0 Å². The van der Waals surface area contributed by atoms with E-state index in [4.69, 9.17) is 4.74 Å². The Balaban J connectivity index is 1.79. The van der Waals surface area contributed by atoms with Crippen LogP contribution in [0.3, 0.4) is 0 Å². The molecule has 0 aliphatic heterocycles. The quantitative estimate of drug-likeness (QED) is 0.799. The summed E-state index contributed by atoms with van der Waals surface area (Å²) in [6.07, 6.45) is 2.47. The molecule has 1 saturated carbocycles. The lowest BCUT2D eigenvalue weighted by atomic mass is 10.1. The van der Waals surface area contributed by atoms with Gasteiger partial charge in [0.15, 0.2) is 0 Å². The van der Waals surface area contributed by atoms with Gasteiger partial charge in [-0.05, 0) is 54.8 Å². The topological polar surface area (TPSA) is 29.5 Å². The second kappa shape index (κ2) is 6.53. The monoisotopic (exact) mass is 315 g/mol. The summed E-state index contributed by atoms with van der Waals surface area (Å²) in [6, 6.07) is 12.1. The van der Waals surface area contributed by atoms with E-state index in [0.717, 1.165) is 16.2 Å². The molecule has 0 saturated heterocycles. The number of thiophene rings is 1. The third-order valence-corrected chi connectivity index (χ3v) is 5.16. The lowest BCUT2D eigenvalue weighted by Crippen LogP contribution is -2.39. The molecule has 0 spiro atoms. The van der Waals surface area contributed by atoms with E-state index in [1.807, 2.05) is 46.7 Å². The van der Waals surface area contributed by atoms with E-state index in [1.54, 1.807) is 7.11 Å². The molecule has 116 valence electrons. The van der Waals surface area contributed by atoms with Crippen molar-refractivity contribution in [3.05, 3.63) is 52.2 Å². The van der Waals surface area contributed by atoms with Gasteiger partial charge in [-0.1, -0.05) is 18.2 Å². The number of hydrogen-bond donors (Lipinski definition) is 0. The van der Waals surface area contributed by atoms with Gasteiger partial charge in [0.25, 0.3) is 5.91 Å². The van der Waals surface area contributed by atoms with E-state index in [0.29, 0.717) is 12.5 Å². The third-order valence-electron chi connectivity index (χ3n) is 4.30. The first kappa shape index (κ1) is 15.1. The van der Waals surface area contributed by atoms with Crippen LogP contribution < -0.4 is 4.74 Å². The van der Waals surface area contributed by atoms with Crippen molar-refractivity contribution in [1.29, 1.82) is 0 Å². The maximum absolute atomic E-state index is 12.8. The van der Waals surface area contributed by atoms with Crippen LogP contribution in [0.1, 0.15) is 35.0 Å². The Labute approximate surface area is 135 Å². The minimum atomic E-state index is 0.144. The average Bonchev–Trinajstić information content (AvgIpc) is 3.26. The summed E-state index contributed by atoms with van der Waals surface area (Å²) >= 11 is 1.51. The second-order valence-electron chi connectivity index (χ2n) is 5.84. The van der Waals surface area contributed by atoms with Crippen LogP contribution in [0.4, 0.5) is 0 Å². The van der Waals surface area contributed by atoms with Gasteiger partial charge in [-0.25, -0.2) is 0 Å². The number of methoxy groups -OCH3 is 1. The van der Waals surface area contributed by atoms with Crippen molar-refractivity contribution < 1.29 is 9.53 Å². The molecule has 1 fully saturated rings. The van der Waals surface area contributed by atoms with E-state index in [1.165, 1.54) is 24.2 Å². The molecule has 1 unspecified atom stereocenters. The van der Waals surface area contributed by atoms with E-state index in [-0.39, 0.29) is 11.9 Å². The predicted octanol–water partition coefficient (Wildman–Crippen LogP) is 4.20. The Morgan fingerprint density at radius 2 is 2.05 bits per heavy atom. The Morgan fingerprint density at radius 1 is 1.32 bits per heavy atom. The highest BCUT2D eigenvalue weighted by Crippen LogP contribution is 2.36. The van der Waals surface area contributed by atoms with Crippen molar-refractivity contribution in [2.75, 3.05) is 7.11 Å². The molecule has 3 nitrogen and oxygen atoms in total. The minimum Gasteiger partial charge on any atom is -0.497 e. The summed E-state index contributed by atoms with van der Waals surface area (Å²) in [6.45, 7) is 2.82. The van der Waals surface area contributed by atoms with Crippen molar-refractivity contribution >= 4 is 17.2 Å². The summed E-state index contributed by atoms with van der Waals surface area (Å²) < 4.78 is 5.20. The number of carbonyl (C=O) groups excluding carboxylic acids is 1. The highest BCUT2D eigenvalue weighted by molar-refractivity contribution is 7.12. The lowest BCUT2D eigenvalue weighted by Gasteiger charge is -2.29. The minimum absolute atomic E-state index is 0.144. The summed E-state index contributed by atoms with van der Waals surface area (Å²) in [4.78, 5) is 15.7. The van der Waals surface area contributed by atoms with Crippen LogP contribution in [0.25, 0.3) is 0 Å². The Bertz CT molecular complexity index is 617. The van der Waals surface area contributed by atoms with Gasteiger partial charge in [-0.15, -0.1) is 11.3 Å². The molecule has 1 aliphatic rings. The maximum Gasteiger partial charge on any atom is 0.264 e. The summed E-state index contributed by atoms with van der Waals surface area (Å²) in [5, 5.41) is 1.96. The van der Waals surface area contributed by atoms with Gasteiger partial charge < -0.3 is 9.64 Å². The highest BCUT2D eigenvalue weighted by atomic mass is 32.1. The molecule has 1 aromatic carbocycles. The molecule has 1 atom stereocenters. The molecule has 1 aliphatic carbocycles. The van der Waals surface area contributed by atoms with Crippen molar-refractivity contribution in [3.8, 4) is 5.75 Å². The molecular weight excluding hydrogens is 294 g/mol. The zero-order valence-electron chi connectivity index (χ0n) is 13.0. The fourth-order valence-corrected chi connectivity index (χ4v) is 3.38. The molecule has 2 aromatic rings. The van der Waals surface area contributed by atoms with Crippen molar-refractivity contribution in [1.82, 2.24) is 4.90 Å². The number of carbonyl (C=O) groups is 1. The van der Waals surface area contributed by atoms with Crippen LogP contribution in [0.15, 0.2) is 41.8 Å². The van der Waals surface area contributed by atoms with E-state index in [2.05, 4.69) is 6.92 Å². The summed E-state index contributed by atoms with van der Waals surface area (Å²) in [5.74, 6) is 1.64. The molecule has 1 aromatic heterocycles. The first-order chi connectivity index (χ1) is 10.7. The Hall–Kier alpha value is -1.81. The highest BCUT2D eigenvalue weighted by Gasteiger charge is 2.34. The van der Waals surface area contributed by atoms with Crippen LogP contribution in [-0.2, 0) is 6.54 Å². The van der Waals surface area contributed by atoms with Gasteiger partial charge in [-0.3, -0.25) is 4.79 Å². The molecule has 3 rings (SSSR count). The molecule has 0 N–H and O–H groups in total. The predicted molar refractivity (Wildman–Crippen MR) is 89.4 cm³/mol. The fourth-order valence-electron chi connectivity index (χ4n) is 2.70. The van der Waals surface area contributed by atoms with Gasteiger partial charge >= 0.3 is 0 Å². The number of ether oxygens (including phenoxy) is 1. The molecule has 1 heterocycles. The normalized spacial score (nSPS) is 15.4. The van der Waals surface area contributed by atoms with Crippen LogP contribution in [-0.4, -0.2) is 24.0 Å². The Morgan fingerprint density at radius 3 is 2.59 bits per heavy atom. The first-order valence-corrected chi connectivity index (χ1v) is 8.54. The maximum atomic E-state index is 12.8. The van der Waals surface area contributed by atoms with Crippen LogP contribution >= 0.6 is 11.3 Å². The zero-order valence-corrected chi connectivity index (χ0v) is 13.8.